The van der Waals surface area contributed by atoms with E-state index < -0.39 is 0 Å². The molecule has 1 aliphatic carbocycles. The van der Waals surface area contributed by atoms with Crippen molar-refractivity contribution in [1.29, 1.82) is 0 Å². The molecule has 0 saturated heterocycles. The molecule has 27 heavy (non-hydrogen) atoms. The number of aromatic nitrogens is 1. The maximum atomic E-state index is 12.9. The number of nitrogens with zero attached hydrogens (tertiary/aromatic N) is 1. The van der Waals surface area contributed by atoms with Gasteiger partial charge >= 0.3 is 0 Å². The maximum absolute atomic E-state index is 12.9. The lowest BCUT2D eigenvalue weighted by Crippen LogP contribution is -2.34. The van der Waals surface area contributed by atoms with Gasteiger partial charge in [0.25, 0.3) is 5.91 Å². The highest BCUT2D eigenvalue weighted by Gasteiger charge is 2.40. The van der Waals surface area contributed by atoms with Crippen LogP contribution in [0.2, 0.25) is 0 Å². The molecule has 6 nitrogen and oxygen atoms in total. The molecule has 146 valence electrons. The van der Waals surface area contributed by atoms with E-state index in [1.807, 2.05) is 26.0 Å². The number of hydrogen-bond acceptors (Lipinski definition) is 5. The van der Waals surface area contributed by atoms with E-state index in [0.717, 1.165) is 31.4 Å². The third kappa shape index (κ3) is 3.94. The van der Waals surface area contributed by atoms with E-state index >= 15 is 0 Å². The second-order valence-electron chi connectivity index (χ2n) is 6.91. The second-order valence-corrected chi connectivity index (χ2v) is 6.91. The fraction of sp³-hybridized carbons (Fsp3) is 0.524. The Morgan fingerprint density at radius 1 is 1.19 bits per heavy atom. The molecule has 1 aromatic carbocycles. The monoisotopic (exact) mass is 372 g/mol. The average molecular weight is 372 g/mol. The fourth-order valence-electron chi connectivity index (χ4n) is 3.76. The highest BCUT2D eigenvalue weighted by molar-refractivity contribution is 6.07. The standard InChI is InChI=1S/C21H28N2O4/c1-4-11-21(12-8-13-21)17-14-18(27-23-17)22-20(24)19-15(25-5-2)9-7-10-16(19)26-6-3/h7,9-10,14H,4-6,8,11-13H2,1-3H3,(H,22,24). The Hall–Kier alpha value is -2.50. The number of benzene rings is 1. The van der Waals surface area contributed by atoms with Gasteiger partial charge in [0.2, 0.25) is 5.88 Å². The van der Waals surface area contributed by atoms with Gasteiger partial charge in [-0.3, -0.25) is 10.1 Å². The maximum Gasteiger partial charge on any atom is 0.265 e. The Balaban J connectivity index is 1.82. The van der Waals surface area contributed by atoms with Crippen molar-refractivity contribution in [2.45, 2.75) is 58.3 Å². The third-order valence-electron chi connectivity index (χ3n) is 5.14. The topological polar surface area (TPSA) is 73.6 Å². The first kappa shape index (κ1) is 19.3. The molecule has 0 radical (unpaired) electrons. The van der Waals surface area contributed by atoms with Crippen LogP contribution < -0.4 is 14.8 Å². The minimum absolute atomic E-state index is 0.112. The largest absolute Gasteiger partial charge is 0.493 e. The van der Waals surface area contributed by atoms with Gasteiger partial charge in [0, 0.05) is 11.5 Å². The van der Waals surface area contributed by atoms with Crippen LogP contribution in [0.4, 0.5) is 5.88 Å². The minimum atomic E-state index is -0.330. The zero-order valence-corrected chi connectivity index (χ0v) is 16.3. The number of rotatable bonds is 9. The van der Waals surface area contributed by atoms with E-state index in [1.54, 1.807) is 12.1 Å². The molecule has 0 spiro atoms. The second kappa shape index (κ2) is 8.46. The summed E-state index contributed by atoms with van der Waals surface area (Å²) in [5.74, 6) is 0.999. The van der Waals surface area contributed by atoms with Gasteiger partial charge in [-0.15, -0.1) is 0 Å². The lowest BCUT2D eigenvalue weighted by molar-refractivity contribution is 0.101. The summed E-state index contributed by atoms with van der Waals surface area (Å²) in [5, 5.41) is 7.05. The normalized spacial score (nSPS) is 15.1. The first-order valence-corrected chi connectivity index (χ1v) is 9.80. The summed E-state index contributed by atoms with van der Waals surface area (Å²) in [5.41, 5.74) is 1.42. The van der Waals surface area contributed by atoms with E-state index in [1.165, 1.54) is 6.42 Å². The summed E-state index contributed by atoms with van der Waals surface area (Å²) in [6.45, 7) is 6.86. The van der Waals surface area contributed by atoms with Crippen molar-refractivity contribution in [2.75, 3.05) is 18.5 Å². The van der Waals surface area contributed by atoms with Gasteiger partial charge in [-0.05, 0) is 45.2 Å². The van der Waals surface area contributed by atoms with Gasteiger partial charge in [0.05, 0.1) is 18.9 Å². The quantitative estimate of drug-likeness (QED) is 0.674. The minimum Gasteiger partial charge on any atom is -0.493 e. The van der Waals surface area contributed by atoms with E-state index in [0.29, 0.717) is 36.2 Å². The SMILES string of the molecule is CCCC1(c2cc(NC(=O)c3c(OCC)cccc3OCC)on2)CCC1. The molecule has 2 aromatic rings. The fourth-order valence-corrected chi connectivity index (χ4v) is 3.76. The number of nitrogens with one attached hydrogen (secondary N) is 1. The van der Waals surface area contributed by atoms with Crippen LogP contribution in [-0.4, -0.2) is 24.3 Å². The number of anilines is 1. The Kier molecular flexibility index (Phi) is 6.04. The Morgan fingerprint density at radius 3 is 2.37 bits per heavy atom. The van der Waals surface area contributed by atoms with Crippen molar-refractivity contribution in [2.24, 2.45) is 0 Å². The molecule has 1 N–H and O–H groups in total. The van der Waals surface area contributed by atoms with Crippen molar-refractivity contribution in [3.05, 3.63) is 35.5 Å². The van der Waals surface area contributed by atoms with Gasteiger partial charge in [0.15, 0.2) is 0 Å². The first-order chi connectivity index (χ1) is 13.1. The molecule has 1 amide bonds. The van der Waals surface area contributed by atoms with E-state index in [-0.39, 0.29) is 11.3 Å². The smallest absolute Gasteiger partial charge is 0.265 e. The van der Waals surface area contributed by atoms with Crippen molar-refractivity contribution in [1.82, 2.24) is 5.16 Å². The number of ether oxygens (including phenoxy) is 2. The molecule has 0 aliphatic heterocycles. The van der Waals surface area contributed by atoms with E-state index in [4.69, 9.17) is 14.0 Å². The Bertz CT molecular complexity index is 756. The third-order valence-corrected chi connectivity index (χ3v) is 5.14. The average Bonchev–Trinajstić information content (AvgIpc) is 3.07. The molecule has 1 saturated carbocycles. The van der Waals surface area contributed by atoms with Crippen LogP contribution in [0.25, 0.3) is 0 Å². The number of carbonyl (C=O) groups is 1. The number of carbonyl (C=O) groups excluding carboxylic acids is 1. The molecule has 1 aliphatic rings. The molecule has 0 bridgehead atoms. The summed E-state index contributed by atoms with van der Waals surface area (Å²) < 4.78 is 16.6. The lowest BCUT2D eigenvalue weighted by Gasteiger charge is -2.40. The molecular weight excluding hydrogens is 344 g/mol. The van der Waals surface area contributed by atoms with E-state index in [2.05, 4.69) is 17.4 Å². The predicted octanol–water partition coefficient (Wildman–Crippen LogP) is 4.95. The Morgan fingerprint density at radius 2 is 1.85 bits per heavy atom. The first-order valence-electron chi connectivity index (χ1n) is 9.80. The summed E-state index contributed by atoms with van der Waals surface area (Å²) in [6, 6.07) is 7.19. The summed E-state index contributed by atoms with van der Waals surface area (Å²) in [7, 11) is 0. The van der Waals surface area contributed by atoms with Gasteiger partial charge in [-0.1, -0.05) is 31.0 Å². The summed E-state index contributed by atoms with van der Waals surface area (Å²) in [6.07, 6.45) is 5.67. The number of hydrogen-bond donors (Lipinski definition) is 1. The summed E-state index contributed by atoms with van der Waals surface area (Å²) >= 11 is 0. The van der Waals surface area contributed by atoms with Crippen LogP contribution in [0, 0.1) is 0 Å². The molecule has 6 heteroatoms. The van der Waals surface area contributed by atoms with E-state index in [9.17, 15) is 4.79 Å². The van der Waals surface area contributed by atoms with Crippen molar-refractivity contribution in [3.8, 4) is 11.5 Å². The molecule has 0 atom stereocenters. The van der Waals surface area contributed by atoms with Gasteiger partial charge in [-0.25, -0.2) is 0 Å². The van der Waals surface area contributed by atoms with Gasteiger partial charge in [-0.2, -0.15) is 0 Å². The zero-order valence-electron chi connectivity index (χ0n) is 16.3. The van der Waals surface area contributed by atoms with Crippen LogP contribution in [0.5, 0.6) is 11.5 Å². The molecule has 0 unspecified atom stereocenters. The van der Waals surface area contributed by atoms with Crippen LogP contribution in [0.3, 0.4) is 0 Å². The van der Waals surface area contributed by atoms with Crippen LogP contribution in [0.15, 0.2) is 28.8 Å². The van der Waals surface area contributed by atoms with Crippen molar-refractivity contribution in [3.63, 3.8) is 0 Å². The van der Waals surface area contributed by atoms with Crippen LogP contribution in [-0.2, 0) is 5.41 Å². The highest BCUT2D eigenvalue weighted by Crippen LogP contribution is 2.47. The molecular formula is C21H28N2O4. The highest BCUT2D eigenvalue weighted by atomic mass is 16.5. The van der Waals surface area contributed by atoms with Crippen LogP contribution >= 0.6 is 0 Å². The van der Waals surface area contributed by atoms with Crippen molar-refractivity contribution < 1.29 is 18.8 Å². The molecule has 3 rings (SSSR count). The molecule has 1 aromatic heterocycles. The number of amides is 1. The Labute approximate surface area is 160 Å². The summed E-state index contributed by atoms with van der Waals surface area (Å²) in [4.78, 5) is 12.9. The molecule has 1 heterocycles. The molecule has 1 fully saturated rings. The van der Waals surface area contributed by atoms with Crippen LogP contribution in [0.1, 0.15) is 68.9 Å². The van der Waals surface area contributed by atoms with Gasteiger partial charge in [0.1, 0.15) is 17.1 Å². The zero-order chi connectivity index (χ0) is 19.3. The lowest BCUT2D eigenvalue weighted by atomic mass is 9.64. The predicted molar refractivity (Wildman–Crippen MR) is 104 cm³/mol. The van der Waals surface area contributed by atoms with Gasteiger partial charge < -0.3 is 14.0 Å². The van der Waals surface area contributed by atoms with Crippen molar-refractivity contribution >= 4 is 11.8 Å².